The molecule has 4 rings (SSSR count). The van der Waals surface area contributed by atoms with Gasteiger partial charge in [0.05, 0.1) is 18.8 Å². The molecule has 2 aliphatic rings. The molecule has 29 heavy (non-hydrogen) atoms. The van der Waals surface area contributed by atoms with Crippen molar-refractivity contribution in [2.24, 2.45) is 0 Å². The number of morpholine rings is 1. The van der Waals surface area contributed by atoms with Crippen molar-refractivity contribution in [2.45, 2.75) is 31.5 Å². The summed E-state index contributed by atoms with van der Waals surface area (Å²) in [6.45, 7) is 5.02. The number of rotatable bonds is 6. The highest BCUT2D eigenvalue weighted by Gasteiger charge is 2.38. The highest BCUT2D eigenvalue weighted by molar-refractivity contribution is 7.09. The van der Waals surface area contributed by atoms with Crippen LogP contribution in [0, 0.1) is 0 Å². The van der Waals surface area contributed by atoms with Gasteiger partial charge in [-0.3, -0.25) is 4.79 Å². The molecule has 2 fully saturated rings. The predicted octanol–water partition coefficient (Wildman–Crippen LogP) is 2.88. The zero-order valence-corrected chi connectivity index (χ0v) is 18.1. The van der Waals surface area contributed by atoms with Crippen LogP contribution in [0.4, 0.5) is 0 Å². The van der Waals surface area contributed by atoms with Crippen molar-refractivity contribution in [3.05, 3.63) is 52.0 Å². The Morgan fingerprint density at radius 2 is 1.97 bits per heavy atom. The largest absolute Gasteiger partial charge is 0.373 e. The first-order chi connectivity index (χ1) is 14.1. The van der Waals surface area contributed by atoms with Crippen molar-refractivity contribution in [3.63, 3.8) is 0 Å². The summed E-state index contributed by atoms with van der Waals surface area (Å²) in [7, 11) is 4.03. The number of hydrogen-bond donors (Lipinski definition) is 0. The molecule has 0 bridgehead atoms. The molecule has 0 saturated carbocycles. The molecule has 2 saturated heterocycles. The van der Waals surface area contributed by atoms with E-state index in [0.717, 1.165) is 36.8 Å². The molecule has 3 heterocycles. The van der Waals surface area contributed by atoms with Gasteiger partial charge in [0.25, 0.3) is 5.91 Å². The molecule has 0 spiro atoms. The minimum atomic E-state index is -0.0861. The van der Waals surface area contributed by atoms with Crippen LogP contribution in [0.25, 0.3) is 0 Å². The second-order valence-electron chi connectivity index (χ2n) is 8.14. The second kappa shape index (κ2) is 9.34. The van der Waals surface area contributed by atoms with Crippen molar-refractivity contribution in [3.8, 4) is 0 Å². The van der Waals surface area contributed by atoms with Gasteiger partial charge in [-0.2, -0.15) is 0 Å². The maximum atomic E-state index is 13.5. The fourth-order valence-corrected chi connectivity index (χ4v) is 5.16. The summed E-state index contributed by atoms with van der Waals surface area (Å²) in [6, 6.07) is 10.2. The molecule has 0 unspecified atom stereocenters. The van der Waals surface area contributed by atoms with E-state index in [4.69, 9.17) is 4.74 Å². The van der Waals surface area contributed by atoms with Gasteiger partial charge >= 0.3 is 0 Å². The molecule has 0 aliphatic carbocycles. The van der Waals surface area contributed by atoms with Crippen LogP contribution in [-0.2, 0) is 11.3 Å². The molecule has 1 amide bonds. The summed E-state index contributed by atoms with van der Waals surface area (Å²) in [4.78, 5) is 24.6. The van der Waals surface area contributed by atoms with Crippen LogP contribution in [0.5, 0.6) is 0 Å². The van der Waals surface area contributed by atoms with Gasteiger partial charge < -0.3 is 19.4 Å². The van der Waals surface area contributed by atoms with Crippen LogP contribution in [0.1, 0.15) is 39.9 Å². The topological polar surface area (TPSA) is 48.9 Å². The van der Waals surface area contributed by atoms with Gasteiger partial charge in [0, 0.05) is 25.0 Å². The van der Waals surface area contributed by atoms with Gasteiger partial charge in [-0.1, -0.05) is 30.3 Å². The number of nitrogens with zero attached hydrogens (tertiary/aromatic N) is 4. The molecular formula is C22H30N4O2S. The van der Waals surface area contributed by atoms with E-state index in [9.17, 15) is 4.79 Å². The third kappa shape index (κ3) is 4.86. The number of carbonyl (C=O) groups is 1. The molecule has 6 nitrogen and oxygen atoms in total. The number of aromatic nitrogens is 1. The maximum absolute atomic E-state index is 13.5. The first-order valence-corrected chi connectivity index (χ1v) is 11.3. The van der Waals surface area contributed by atoms with E-state index in [-0.39, 0.29) is 18.1 Å². The van der Waals surface area contributed by atoms with Crippen molar-refractivity contribution >= 4 is 17.2 Å². The third-order valence-electron chi connectivity index (χ3n) is 5.61. The molecule has 1 aromatic carbocycles. The average Bonchev–Trinajstić information content (AvgIpc) is 3.40. The Balaban J connectivity index is 1.59. The fraction of sp³-hybridized carbons (Fsp3) is 0.545. The van der Waals surface area contributed by atoms with E-state index in [1.807, 2.05) is 42.6 Å². The van der Waals surface area contributed by atoms with Crippen molar-refractivity contribution in [2.75, 3.05) is 46.9 Å². The third-order valence-corrected chi connectivity index (χ3v) is 6.45. The van der Waals surface area contributed by atoms with Crippen LogP contribution >= 0.6 is 11.3 Å². The highest BCUT2D eigenvalue weighted by atomic mass is 32.1. The van der Waals surface area contributed by atoms with Crippen LogP contribution in [0.15, 0.2) is 35.7 Å². The lowest BCUT2D eigenvalue weighted by Crippen LogP contribution is -2.51. The lowest BCUT2D eigenvalue weighted by molar-refractivity contribution is -0.0708. The van der Waals surface area contributed by atoms with E-state index < -0.39 is 0 Å². The van der Waals surface area contributed by atoms with E-state index in [2.05, 4.69) is 26.9 Å². The molecule has 156 valence electrons. The van der Waals surface area contributed by atoms with E-state index in [0.29, 0.717) is 18.8 Å². The van der Waals surface area contributed by atoms with Gasteiger partial charge in [-0.25, -0.2) is 4.98 Å². The minimum absolute atomic E-state index is 0.00910. The summed E-state index contributed by atoms with van der Waals surface area (Å²) < 4.78 is 6.22. The van der Waals surface area contributed by atoms with Crippen LogP contribution in [0.3, 0.4) is 0 Å². The molecule has 2 aromatic rings. The number of likely N-dealkylation sites (tertiary alicyclic amines) is 1. The zero-order valence-electron chi connectivity index (χ0n) is 17.3. The second-order valence-corrected chi connectivity index (χ2v) is 9.08. The lowest BCUT2D eigenvalue weighted by Gasteiger charge is -2.42. The Morgan fingerprint density at radius 3 is 2.69 bits per heavy atom. The Kier molecular flexibility index (Phi) is 6.60. The number of thiazole rings is 1. The molecule has 2 atom stereocenters. The number of ether oxygens (including phenoxy) is 1. The SMILES string of the molecule is CN(C)Cc1nc(C(=O)N2CCO[C@@H](CN3CCCC3)[C@@H]2c2ccccc2)cs1. The number of benzene rings is 1. The summed E-state index contributed by atoms with van der Waals surface area (Å²) in [5, 5.41) is 2.87. The summed E-state index contributed by atoms with van der Waals surface area (Å²) in [5.74, 6) is 0.00910. The monoisotopic (exact) mass is 414 g/mol. The molecule has 1 aromatic heterocycles. The quantitative estimate of drug-likeness (QED) is 0.728. The van der Waals surface area contributed by atoms with Crippen molar-refractivity contribution < 1.29 is 9.53 Å². The number of hydrogen-bond acceptors (Lipinski definition) is 6. The molecule has 2 aliphatic heterocycles. The molecular weight excluding hydrogens is 384 g/mol. The van der Waals surface area contributed by atoms with Gasteiger partial charge in [0.1, 0.15) is 10.7 Å². The van der Waals surface area contributed by atoms with E-state index in [1.165, 1.54) is 12.8 Å². The number of amides is 1. The van der Waals surface area contributed by atoms with Crippen molar-refractivity contribution in [1.29, 1.82) is 0 Å². The maximum Gasteiger partial charge on any atom is 0.274 e. The van der Waals surface area contributed by atoms with E-state index in [1.54, 1.807) is 11.3 Å². The molecule has 7 heteroatoms. The smallest absolute Gasteiger partial charge is 0.274 e. The summed E-state index contributed by atoms with van der Waals surface area (Å²) >= 11 is 1.55. The Labute approximate surface area is 177 Å². The van der Waals surface area contributed by atoms with Gasteiger partial charge in [0.15, 0.2) is 0 Å². The minimum Gasteiger partial charge on any atom is -0.373 e. The number of carbonyl (C=O) groups excluding carboxylic acids is 1. The fourth-order valence-electron chi connectivity index (χ4n) is 4.28. The van der Waals surface area contributed by atoms with E-state index >= 15 is 0 Å². The normalized spacial score (nSPS) is 23.1. The molecule has 0 N–H and O–H groups in total. The van der Waals surface area contributed by atoms with Gasteiger partial charge in [-0.05, 0) is 45.6 Å². The van der Waals surface area contributed by atoms with Crippen LogP contribution in [0.2, 0.25) is 0 Å². The van der Waals surface area contributed by atoms with Gasteiger partial charge in [0.2, 0.25) is 0 Å². The van der Waals surface area contributed by atoms with Crippen LogP contribution < -0.4 is 0 Å². The van der Waals surface area contributed by atoms with Gasteiger partial charge in [-0.15, -0.1) is 11.3 Å². The van der Waals surface area contributed by atoms with Crippen LogP contribution in [-0.4, -0.2) is 78.6 Å². The first-order valence-electron chi connectivity index (χ1n) is 10.4. The van der Waals surface area contributed by atoms with Crippen molar-refractivity contribution in [1.82, 2.24) is 19.7 Å². The first kappa shape index (κ1) is 20.5. The highest BCUT2D eigenvalue weighted by Crippen LogP contribution is 2.32. The lowest BCUT2D eigenvalue weighted by atomic mass is 9.97. The Hall–Kier alpha value is -1.80. The Morgan fingerprint density at radius 1 is 1.21 bits per heavy atom. The Bertz CT molecular complexity index is 804. The standard InChI is InChI=1S/C22H30N4O2S/c1-24(2)15-20-23-18(16-29-20)22(27)26-12-13-28-19(14-25-10-6-7-11-25)21(26)17-8-4-3-5-9-17/h3-5,8-9,16,19,21H,6-7,10-15H2,1-2H3/t19-,21-/m0/s1. The zero-order chi connectivity index (χ0) is 20.2. The molecule has 0 radical (unpaired) electrons. The predicted molar refractivity (Wildman–Crippen MR) is 115 cm³/mol. The summed E-state index contributed by atoms with van der Waals surface area (Å²) in [5.41, 5.74) is 1.68. The summed E-state index contributed by atoms with van der Waals surface area (Å²) in [6.07, 6.45) is 2.48. The average molecular weight is 415 g/mol.